The van der Waals surface area contributed by atoms with Crippen LogP contribution in [0.15, 0.2) is 29.1 Å². The number of likely N-dealkylation sites (N-methyl/N-ethyl adjacent to an activating group) is 1. The molecule has 1 amide bonds. The van der Waals surface area contributed by atoms with E-state index >= 15 is 0 Å². The van der Waals surface area contributed by atoms with Crippen molar-refractivity contribution < 1.29 is 4.79 Å². The van der Waals surface area contributed by atoms with Crippen molar-refractivity contribution in [2.45, 2.75) is 31.3 Å². The largest absolute Gasteiger partial charge is 0.346 e. The predicted molar refractivity (Wildman–Crippen MR) is 84.9 cm³/mol. The van der Waals surface area contributed by atoms with Gasteiger partial charge in [-0.3, -0.25) is 9.59 Å². The van der Waals surface area contributed by atoms with Crippen molar-refractivity contribution in [1.29, 1.82) is 0 Å². The maximum atomic E-state index is 12.6. The number of fused-ring (bicyclic) bond motifs is 1. The third-order valence-corrected chi connectivity index (χ3v) is 4.37. The number of H-pyrrole nitrogens is 1. The van der Waals surface area contributed by atoms with Gasteiger partial charge in [-0.2, -0.15) is 5.10 Å². The molecule has 2 N–H and O–H groups in total. The van der Waals surface area contributed by atoms with E-state index in [0.29, 0.717) is 16.8 Å². The Morgan fingerprint density at radius 2 is 2.00 bits per heavy atom. The molecule has 1 aromatic heterocycles. The first-order chi connectivity index (χ1) is 10.6. The number of carbonyl (C=O) groups is 1. The quantitative estimate of drug-likeness (QED) is 0.891. The molecule has 116 valence electrons. The topological polar surface area (TPSA) is 78.1 Å². The number of aromatic nitrogens is 2. The molecule has 22 heavy (non-hydrogen) atoms. The molecule has 0 unspecified atom stereocenters. The fourth-order valence-corrected chi connectivity index (χ4v) is 3.25. The Morgan fingerprint density at radius 3 is 2.73 bits per heavy atom. The van der Waals surface area contributed by atoms with Crippen molar-refractivity contribution in [2.24, 2.45) is 0 Å². The van der Waals surface area contributed by atoms with Crippen LogP contribution in [0.5, 0.6) is 0 Å². The minimum Gasteiger partial charge on any atom is -0.346 e. The molecule has 1 aliphatic rings. The van der Waals surface area contributed by atoms with Crippen LogP contribution in [0.25, 0.3) is 10.8 Å². The summed E-state index contributed by atoms with van der Waals surface area (Å²) in [4.78, 5) is 26.5. The number of amides is 1. The van der Waals surface area contributed by atoms with Gasteiger partial charge >= 0.3 is 0 Å². The normalized spacial score (nSPS) is 21.4. The third kappa shape index (κ3) is 2.62. The molecule has 0 saturated heterocycles. The third-order valence-electron chi connectivity index (χ3n) is 4.37. The van der Waals surface area contributed by atoms with E-state index in [1.165, 1.54) is 0 Å². The van der Waals surface area contributed by atoms with Gasteiger partial charge in [-0.05, 0) is 39.4 Å². The summed E-state index contributed by atoms with van der Waals surface area (Å²) in [6.07, 6.45) is 3.15. The average Bonchev–Trinajstić information content (AvgIpc) is 2.96. The minimum absolute atomic E-state index is 0.120. The number of aromatic amines is 1. The SMILES string of the molecule is CN(C)[C@H]1CCC[C@@H]1NC(=O)c1n[nH]c(=O)c2ccccc12. The summed E-state index contributed by atoms with van der Waals surface area (Å²) >= 11 is 0. The first-order valence-corrected chi connectivity index (χ1v) is 7.52. The van der Waals surface area contributed by atoms with Crippen molar-refractivity contribution in [3.05, 3.63) is 40.3 Å². The number of hydrogen-bond acceptors (Lipinski definition) is 4. The van der Waals surface area contributed by atoms with Crippen LogP contribution in [0.2, 0.25) is 0 Å². The molecule has 6 heteroatoms. The van der Waals surface area contributed by atoms with Crippen LogP contribution in [-0.4, -0.2) is 47.2 Å². The summed E-state index contributed by atoms with van der Waals surface area (Å²) in [6, 6.07) is 7.50. The molecular weight excluding hydrogens is 280 g/mol. The van der Waals surface area contributed by atoms with E-state index in [9.17, 15) is 9.59 Å². The molecule has 1 saturated carbocycles. The molecule has 2 atom stereocenters. The van der Waals surface area contributed by atoms with Gasteiger partial charge in [0.25, 0.3) is 11.5 Å². The Balaban J connectivity index is 1.90. The highest BCUT2D eigenvalue weighted by Gasteiger charge is 2.30. The van der Waals surface area contributed by atoms with Crippen LogP contribution in [-0.2, 0) is 0 Å². The molecule has 0 radical (unpaired) electrons. The summed E-state index contributed by atoms with van der Waals surface area (Å²) < 4.78 is 0. The molecule has 1 aliphatic carbocycles. The van der Waals surface area contributed by atoms with Crippen LogP contribution in [0.1, 0.15) is 29.8 Å². The monoisotopic (exact) mass is 300 g/mol. The fourth-order valence-electron chi connectivity index (χ4n) is 3.25. The van der Waals surface area contributed by atoms with Gasteiger partial charge in [0.1, 0.15) is 0 Å². The second-order valence-electron chi connectivity index (χ2n) is 5.99. The van der Waals surface area contributed by atoms with Crippen molar-refractivity contribution in [3.63, 3.8) is 0 Å². The van der Waals surface area contributed by atoms with E-state index in [2.05, 4.69) is 20.4 Å². The van der Waals surface area contributed by atoms with Gasteiger partial charge in [0.05, 0.1) is 5.39 Å². The number of nitrogens with one attached hydrogen (secondary N) is 2. The van der Waals surface area contributed by atoms with Gasteiger partial charge in [-0.25, -0.2) is 5.10 Å². The summed E-state index contributed by atoms with van der Waals surface area (Å²) in [7, 11) is 4.06. The molecule has 6 nitrogen and oxygen atoms in total. The lowest BCUT2D eigenvalue weighted by Gasteiger charge is -2.26. The number of nitrogens with zero attached hydrogens (tertiary/aromatic N) is 2. The summed E-state index contributed by atoms with van der Waals surface area (Å²) in [5, 5.41) is 10.5. The second kappa shape index (κ2) is 5.88. The van der Waals surface area contributed by atoms with E-state index < -0.39 is 0 Å². The maximum Gasteiger partial charge on any atom is 0.272 e. The van der Waals surface area contributed by atoms with E-state index in [-0.39, 0.29) is 23.2 Å². The van der Waals surface area contributed by atoms with Crippen LogP contribution < -0.4 is 10.9 Å². The Hall–Kier alpha value is -2.21. The van der Waals surface area contributed by atoms with Crippen molar-refractivity contribution in [2.75, 3.05) is 14.1 Å². The lowest BCUT2D eigenvalue weighted by atomic mass is 10.1. The summed E-state index contributed by atoms with van der Waals surface area (Å²) in [6.45, 7) is 0. The summed E-state index contributed by atoms with van der Waals surface area (Å²) in [5.41, 5.74) is -0.00112. The zero-order chi connectivity index (χ0) is 15.7. The zero-order valence-electron chi connectivity index (χ0n) is 12.8. The maximum absolute atomic E-state index is 12.6. The zero-order valence-corrected chi connectivity index (χ0v) is 12.8. The molecular formula is C16H20N4O2. The molecule has 1 heterocycles. The standard InChI is InChI=1S/C16H20N4O2/c1-20(2)13-9-5-8-12(13)17-16(22)14-10-6-3-4-7-11(10)15(21)19-18-14/h3-4,6-7,12-13H,5,8-9H2,1-2H3,(H,17,22)(H,19,21)/t12-,13-/m0/s1. The lowest BCUT2D eigenvalue weighted by Crippen LogP contribution is -2.46. The highest BCUT2D eigenvalue weighted by Crippen LogP contribution is 2.23. The highest BCUT2D eigenvalue weighted by molar-refractivity contribution is 6.04. The van der Waals surface area contributed by atoms with E-state index in [1.807, 2.05) is 14.1 Å². The fraction of sp³-hybridized carbons (Fsp3) is 0.438. The molecule has 0 spiro atoms. The van der Waals surface area contributed by atoms with Gasteiger partial charge < -0.3 is 10.2 Å². The molecule has 2 aromatic rings. The predicted octanol–water partition coefficient (Wildman–Crippen LogP) is 1.14. The van der Waals surface area contributed by atoms with Gasteiger partial charge in [-0.15, -0.1) is 0 Å². The van der Waals surface area contributed by atoms with Crippen molar-refractivity contribution in [3.8, 4) is 0 Å². The van der Waals surface area contributed by atoms with E-state index in [4.69, 9.17) is 0 Å². The number of carbonyl (C=O) groups excluding carboxylic acids is 1. The number of rotatable bonds is 3. The first kappa shape index (κ1) is 14.7. The van der Waals surface area contributed by atoms with E-state index in [1.54, 1.807) is 24.3 Å². The summed E-state index contributed by atoms with van der Waals surface area (Å²) in [5.74, 6) is -0.230. The van der Waals surface area contributed by atoms with Crippen LogP contribution in [0, 0.1) is 0 Å². The number of benzene rings is 1. The van der Waals surface area contributed by atoms with Crippen LogP contribution >= 0.6 is 0 Å². The second-order valence-corrected chi connectivity index (χ2v) is 5.99. The molecule has 3 rings (SSSR count). The molecule has 1 aromatic carbocycles. The smallest absolute Gasteiger partial charge is 0.272 e. The van der Waals surface area contributed by atoms with Crippen LogP contribution in [0.4, 0.5) is 0 Å². The number of hydrogen-bond donors (Lipinski definition) is 2. The van der Waals surface area contributed by atoms with E-state index in [0.717, 1.165) is 19.3 Å². The average molecular weight is 300 g/mol. The van der Waals surface area contributed by atoms with Crippen molar-refractivity contribution in [1.82, 2.24) is 20.4 Å². The van der Waals surface area contributed by atoms with Gasteiger partial charge in [0.15, 0.2) is 5.69 Å². The Kier molecular flexibility index (Phi) is 3.94. The van der Waals surface area contributed by atoms with Gasteiger partial charge in [0.2, 0.25) is 0 Å². The Labute approximate surface area is 128 Å². The van der Waals surface area contributed by atoms with Crippen molar-refractivity contribution >= 4 is 16.7 Å². The van der Waals surface area contributed by atoms with Gasteiger partial charge in [-0.1, -0.05) is 18.2 Å². The first-order valence-electron chi connectivity index (χ1n) is 7.52. The highest BCUT2D eigenvalue weighted by atomic mass is 16.2. The molecule has 1 fully saturated rings. The Bertz CT molecular complexity index is 753. The minimum atomic E-state index is -0.279. The molecule has 0 bridgehead atoms. The molecule has 0 aliphatic heterocycles. The van der Waals surface area contributed by atoms with Crippen LogP contribution in [0.3, 0.4) is 0 Å². The van der Waals surface area contributed by atoms with Gasteiger partial charge in [0, 0.05) is 17.5 Å². The Morgan fingerprint density at radius 1 is 1.27 bits per heavy atom. The lowest BCUT2D eigenvalue weighted by molar-refractivity contribution is 0.0915.